The number of fused-ring (bicyclic) bond motifs is 2. The van der Waals surface area contributed by atoms with Crippen molar-refractivity contribution < 1.29 is 9.53 Å². The summed E-state index contributed by atoms with van der Waals surface area (Å²) in [6.45, 7) is 2.62. The lowest BCUT2D eigenvalue weighted by Gasteiger charge is -2.27. The second kappa shape index (κ2) is 8.05. The Labute approximate surface area is 164 Å². The molecule has 0 spiro atoms. The Morgan fingerprint density at radius 3 is 2.78 bits per heavy atom. The molecule has 1 heterocycles. The molecule has 0 saturated carbocycles. The van der Waals surface area contributed by atoms with E-state index in [2.05, 4.69) is 47.8 Å². The van der Waals surface area contributed by atoms with E-state index in [1.807, 2.05) is 31.2 Å². The smallest absolute Gasteiger partial charge is 0.233 e. The van der Waals surface area contributed by atoms with Crippen molar-refractivity contribution in [3.05, 3.63) is 77.9 Å². The third-order valence-corrected chi connectivity index (χ3v) is 6.17. The molecule has 138 valence electrons. The van der Waals surface area contributed by atoms with Crippen molar-refractivity contribution in [2.75, 3.05) is 6.61 Å². The number of para-hydroxylation sites is 1. The zero-order valence-electron chi connectivity index (χ0n) is 15.4. The predicted molar refractivity (Wildman–Crippen MR) is 112 cm³/mol. The summed E-state index contributed by atoms with van der Waals surface area (Å²) >= 11 is 1.67. The van der Waals surface area contributed by atoms with Gasteiger partial charge < -0.3 is 10.1 Å². The van der Waals surface area contributed by atoms with Gasteiger partial charge in [-0.1, -0.05) is 60.7 Å². The molecule has 0 bridgehead atoms. The molecule has 3 nitrogen and oxygen atoms in total. The molecule has 0 fully saturated rings. The second-order valence-corrected chi connectivity index (χ2v) is 8.20. The van der Waals surface area contributed by atoms with Crippen LogP contribution in [0.2, 0.25) is 0 Å². The number of thioether (sulfide) groups is 1. The summed E-state index contributed by atoms with van der Waals surface area (Å²) in [4.78, 5) is 12.7. The van der Waals surface area contributed by atoms with E-state index in [0.717, 1.165) is 23.5 Å². The third kappa shape index (κ3) is 4.11. The van der Waals surface area contributed by atoms with E-state index in [1.165, 1.54) is 16.3 Å². The highest BCUT2D eigenvalue weighted by Gasteiger charge is 2.24. The molecule has 1 aliphatic heterocycles. The van der Waals surface area contributed by atoms with Gasteiger partial charge in [-0.3, -0.25) is 4.79 Å². The number of benzene rings is 3. The van der Waals surface area contributed by atoms with E-state index in [9.17, 15) is 4.79 Å². The molecular weight excluding hydrogens is 354 g/mol. The van der Waals surface area contributed by atoms with Gasteiger partial charge in [-0.2, -0.15) is 0 Å². The Morgan fingerprint density at radius 2 is 1.89 bits per heavy atom. The van der Waals surface area contributed by atoms with Crippen molar-refractivity contribution in [2.24, 2.45) is 0 Å². The second-order valence-electron chi connectivity index (χ2n) is 6.87. The van der Waals surface area contributed by atoms with Gasteiger partial charge in [0.25, 0.3) is 0 Å². The first-order valence-corrected chi connectivity index (χ1v) is 10.4. The number of carbonyl (C=O) groups is 1. The van der Waals surface area contributed by atoms with Crippen molar-refractivity contribution >= 4 is 28.4 Å². The van der Waals surface area contributed by atoms with Crippen LogP contribution < -0.4 is 10.1 Å². The lowest BCUT2D eigenvalue weighted by Crippen LogP contribution is -2.36. The van der Waals surface area contributed by atoms with Crippen LogP contribution in [0.15, 0.2) is 66.7 Å². The molecule has 1 aliphatic rings. The maximum atomic E-state index is 12.7. The first-order chi connectivity index (χ1) is 13.2. The van der Waals surface area contributed by atoms with E-state index in [4.69, 9.17) is 4.74 Å². The molecular formula is C23H23NO2S. The SMILES string of the molecule is CC(SCc1ccc2ccccc2c1)C(=O)NC1CCOc2ccccc21. The minimum absolute atomic E-state index is 0.0335. The van der Waals surface area contributed by atoms with Crippen LogP contribution in [0.3, 0.4) is 0 Å². The maximum absolute atomic E-state index is 12.7. The average Bonchev–Trinajstić information content (AvgIpc) is 2.72. The highest BCUT2D eigenvalue weighted by atomic mass is 32.2. The summed E-state index contributed by atoms with van der Waals surface area (Å²) < 4.78 is 5.68. The van der Waals surface area contributed by atoms with Crippen molar-refractivity contribution in [3.8, 4) is 5.75 Å². The molecule has 0 aromatic heterocycles. The highest BCUT2D eigenvalue weighted by molar-refractivity contribution is 7.99. The van der Waals surface area contributed by atoms with Crippen LogP contribution in [0.4, 0.5) is 0 Å². The average molecular weight is 378 g/mol. The number of carbonyl (C=O) groups excluding carboxylic acids is 1. The number of amides is 1. The molecule has 3 aromatic carbocycles. The van der Waals surface area contributed by atoms with Crippen LogP contribution in [0.1, 0.15) is 30.5 Å². The van der Waals surface area contributed by atoms with Gasteiger partial charge in [-0.05, 0) is 29.3 Å². The van der Waals surface area contributed by atoms with Crippen LogP contribution in [0, 0.1) is 0 Å². The molecule has 4 rings (SSSR count). The standard InChI is InChI=1S/C23H23NO2S/c1-16(27-15-17-10-11-18-6-2-3-7-19(18)14-17)23(25)24-21-12-13-26-22-9-5-4-8-20(21)22/h2-11,14,16,21H,12-13,15H2,1H3,(H,24,25). The van der Waals surface area contributed by atoms with Gasteiger partial charge in [-0.25, -0.2) is 0 Å². The monoisotopic (exact) mass is 377 g/mol. The Hall–Kier alpha value is -2.46. The number of nitrogens with one attached hydrogen (secondary N) is 1. The lowest BCUT2D eigenvalue weighted by atomic mass is 10.0. The highest BCUT2D eigenvalue weighted by Crippen LogP contribution is 2.32. The zero-order chi connectivity index (χ0) is 18.6. The Balaban J connectivity index is 1.37. The zero-order valence-corrected chi connectivity index (χ0v) is 16.2. The Morgan fingerprint density at radius 1 is 1.11 bits per heavy atom. The number of hydrogen-bond donors (Lipinski definition) is 1. The molecule has 27 heavy (non-hydrogen) atoms. The van der Waals surface area contributed by atoms with Crippen LogP contribution in [-0.2, 0) is 10.5 Å². The van der Waals surface area contributed by atoms with Crippen molar-refractivity contribution in [1.82, 2.24) is 5.32 Å². The number of ether oxygens (including phenoxy) is 1. The normalized spacial score (nSPS) is 17.0. The topological polar surface area (TPSA) is 38.3 Å². The summed E-state index contributed by atoms with van der Waals surface area (Å²) in [5.74, 6) is 1.79. The first-order valence-electron chi connectivity index (χ1n) is 9.32. The first kappa shape index (κ1) is 17.9. The van der Waals surface area contributed by atoms with Crippen LogP contribution >= 0.6 is 11.8 Å². The van der Waals surface area contributed by atoms with Gasteiger partial charge >= 0.3 is 0 Å². The van der Waals surface area contributed by atoms with Crippen molar-refractivity contribution in [2.45, 2.75) is 30.4 Å². The maximum Gasteiger partial charge on any atom is 0.233 e. The van der Waals surface area contributed by atoms with Crippen LogP contribution in [0.5, 0.6) is 5.75 Å². The van der Waals surface area contributed by atoms with E-state index in [0.29, 0.717) is 6.61 Å². The van der Waals surface area contributed by atoms with Crippen LogP contribution in [-0.4, -0.2) is 17.8 Å². The van der Waals surface area contributed by atoms with Gasteiger partial charge in [0.05, 0.1) is 17.9 Å². The van der Waals surface area contributed by atoms with Gasteiger partial charge in [0.1, 0.15) is 5.75 Å². The summed E-state index contributed by atoms with van der Waals surface area (Å²) in [6, 6.07) is 22.8. The third-order valence-electron chi connectivity index (χ3n) is 4.96. The fourth-order valence-corrected chi connectivity index (χ4v) is 4.25. The van der Waals surface area contributed by atoms with E-state index in [-0.39, 0.29) is 17.2 Å². The Kier molecular flexibility index (Phi) is 5.35. The minimum atomic E-state index is -0.105. The predicted octanol–water partition coefficient (Wildman–Crippen LogP) is 5.10. The van der Waals surface area contributed by atoms with Gasteiger partial charge in [0, 0.05) is 17.7 Å². The molecule has 2 atom stereocenters. The minimum Gasteiger partial charge on any atom is -0.493 e. The molecule has 4 heteroatoms. The van der Waals surface area contributed by atoms with Crippen LogP contribution in [0.25, 0.3) is 10.8 Å². The summed E-state index contributed by atoms with van der Waals surface area (Å²) in [6.07, 6.45) is 0.810. The van der Waals surface area contributed by atoms with Gasteiger partial charge in [-0.15, -0.1) is 11.8 Å². The Bertz CT molecular complexity index is 956. The molecule has 1 N–H and O–H groups in total. The number of rotatable bonds is 5. The fourth-order valence-electron chi connectivity index (χ4n) is 3.41. The van der Waals surface area contributed by atoms with Crippen molar-refractivity contribution in [3.63, 3.8) is 0 Å². The quantitative estimate of drug-likeness (QED) is 0.672. The largest absolute Gasteiger partial charge is 0.493 e. The summed E-state index contributed by atoms with van der Waals surface area (Å²) in [7, 11) is 0. The molecule has 0 aliphatic carbocycles. The van der Waals surface area contributed by atoms with Gasteiger partial charge in [0.15, 0.2) is 0 Å². The van der Waals surface area contributed by atoms with Crippen molar-refractivity contribution in [1.29, 1.82) is 0 Å². The summed E-state index contributed by atoms with van der Waals surface area (Å²) in [5, 5.41) is 5.58. The fraction of sp³-hybridized carbons (Fsp3) is 0.261. The van der Waals surface area contributed by atoms with E-state index in [1.54, 1.807) is 11.8 Å². The number of hydrogen-bond acceptors (Lipinski definition) is 3. The summed E-state index contributed by atoms with van der Waals surface area (Å²) in [5.41, 5.74) is 2.32. The molecule has 2 unspecified atom stereocenters. The molecule has 0 radical (unpaired) electrons. The molecule has 3 aromatic rings. The lowest BCUT2D eigenvalue weighted by molar-refractivity contribution is -0.121. The molecule has 0 saturated heterocycles. The van der Waals surface area contributed by atoms with Gasteiger partial charge in [0.2, 0.25) is 5.91 Å². The molecule has 1 amide bonds. The van der Waals surface area contributed by atoms with E-state index >= 15 is 0 Å². The van der Waals surface area contributed by atoms with E-state index < -0.39 is 0 Å².